The van der Waals surface area contributed by atoms with E-state index < -0.39 is 29.8 Å². The number of carbonyl (C=O) groups is 1. The molecule has 180 valence electrons. The predicted molar refractivity (Wildman–Crippen MR) is 118 cm³/mol. The summed E-state index contributed by atoms with van der Waals surface area (Å²) in [7, 11) is 1.39. The fourth-order valence-electron chi connectivity index (χ4n) is 3.72. The molecule has 1 aliphatic heterocycles. The highest BCUT2D eigenvalue weighted by Gasteiger charge is 2.26. The molecule has 11 heteroatoms. The van der Waals surface area contributed by atoms with Crippen molar-refractivity contribution in [2.75, 3.05) is 19.0 Å². The fraction of sp³-hybridized carbons (Fsp3) is 0.348. The average Bonchev–Trinajstić information content (AvgIpc) is 3.19. The number of hydrogen-bond acceptors (Lipinski definition) is 6. The van der Waals surface area contributed by atoms with Crippen molar-refractivity contribution in [3.05, 3.63) is 59.6 Å². The highest BCUT2D eigenvalue weighted by molar-refractivity contribution is 6.03. The van der Waals surface area contributed by atoms with Crippen LogP contribution in [0.1, 0.15) is 29.0 Å². The van der Waals surface area contributed by atoms with Crippen LogP contribution in [0.2, 0.25) is 0 Å². The van der Waals surface area contributed by atoms with Crippen LogP contribution in [0, 0.1) is 11.6 Å². The van der Waals surface area contributed by atoms with Crippen molar-refractivity contribution in [2.24, 2.45) is 5.73 Å². The molecule has 3 heterocycles. The monoisotopic (exact) mass is 475 g/mol. The average molecular weight is 475 g/mol. The molecule has 2 aromatic heterocycles. The summed E-state index contributed by atoms with van der Waals surface area (Å²) < 4.78 is 53.2. The molecule has 1 aromatic carbocycles. The Morgan fingerprint density at radius 2 is 2.09 bits per heavy atom. The van der Waals surface area contributed by atoms with E-state index in [0.29, 0.717) is 30.6 Å². The van der Waals surface area contributed by atoms with Gasteiger partial charge in [-0.1, -0.05) is 0 Å². The van der Waals surface area contributed by atoms with Gasteiger partial charge < -0.3 is 20.5 Å². The summed E-state index contributed by atoms with van der Waals surface area (Å²) in [5.74, 6) is -1.88. The second-order valence-corrected chi connectivity index (χ2v) is 8.01. The summed E-state index contributed by atoms with van der Waals surface area (Å²) in [4.78, 5) is 16.9. The lowest BCUT2D eigenvalue weighted by Gasteiger charge is -2.15. The number of methoxy groups -OCH3 is 1. The Morgan fingerprint density at radius 1 is 1.26 bits per heavy atom. The summed E-state index contributed by atoms with van der Waals surface area (Å²) in [6.07, 6.45) is 1.29. The zero-order chi connectivity index (χ0) is 24.2. The molecule has 34 heavy (non-hydrogen) atoms. The Kier molecular flexibility index (Phi) is 7.13. The van der Waals surface area contributed by atoms with E-state index in [9.17, 15) is 18.0 Å². The summed E-state index contributed by atoms with van der Waals surface area (Å²) >= 11 is 0. The largest absolute Gasteiger partial charge is 0.497 e. The van der Waals surface area contributed by atoms with Crippen molar-refractivity contribution >= 4 is 11.6 Å². The van der Waals surface area contributed by atoms with Gasteiger partial charge in [0, 0.05) is 24.1 Å². The molecule has 4 N–H and O–H groups in total. The number of aromatic nitrogens is 3. The van der Waals surface area contributed by atoms with Crippen molar-refractivity contribution in [3.8, 4) is 17.0 Å². The van der Waals surface area contributed by atoms with E-state index in [1.807, 2.05) is 0 Å². The van der Waals surface area contributed by atoms with Gasteiger partial charge >= 0.3 is 0 Å². The Balaban J connectivity index is 1.50. The van der Waals surface area contributed by atoms with E-state index in [1.165, 1.54) is 31.5 Å². The van der Waals surface area contributed by atoms with E-state index in [0.717, 1.165) is 12.1 Å². The molecule has 8 nitrogen and oxygen atoms in total. The first-order chi connectivity index (χ1) is 16.4. The van der Waals surface area contributed by atoms with Crippen LogP contribution < -0.4 is 15.8 Å². The van der Waals surface area contributed by atoms with Gasteiger partial charge in [-0.15, -0.1) is 0 Å². The first kappa shape index (κ1) is 23.7. The highest BCUT2D eigenvalue weighted by Crippen LogP contribution is 2.28. The van der Waals surface area contributed by atoms with Gasteiger partial charge in [-0.05, 0) is 37.1 Å². The Labute approximate surface area is 193 Å². The number of benzene rings is 1. The number of H-pyrrole nitrogens is 1. The van der Waals surface area contributed by atoms with Crippen LogP contribution in [0.25, 0.3) is 11.3 Å². The van der Waals surface area contributed by atoms with Crippen molar-refractivity contribution in [1.82, 2.24) is 15.2 Å². The number of rotatable bonds is 6. The number of halogens is 3. The second-order valence-electron chi connectivity index (χ2n) is 8.01. The molecule has 1 fully saturated rings. The number of nitrogens with two attached hydrogens (primary N) is 1. The molecule has 0 saturated carbocycles. The number of anilines is 1. The maximum Gasteiger partial charge on any atom is 0.274 e. The van der Waals surface area contributed by atoms with E-state index >= 15 is 0 Å². The normalized spacial score (nSPS) is 20.6. The molecule has 4 rings (SSSR count). The standard InChI is InChI=1S/C23H24F3N5O3/c1-33-12-2-4-14(16(25)8-12)22-15(24)5-7-19(29-22)23(32)30-21-10-28-31-20(21)9-13-3-6-18(27)17(26)11-34-13/h2,4-5,7-8,10,13,17-18H,3,6,9,11,27H2,1H3,(H,28,31)(H,30,32)/t13-,17+,18+/m0/s1. The maximum atomic E-state index is 14.5. The van der Waals surface area contributed by atoms with E-state index in [1.54, 1.807) is 0 Å². The van der Waals surface area contributed by atoms with Crippen LogP contribution in [-0.2, 0) is 11.2 Å². The Hall–Kier alpha value is -3.44. The Bertz CT molecular complexity index is 1160. The number of amides is 1. The SMILES string of the molecule is COc1ccc(-c2nc(C(=O)Nc3cn[nH]c3C[C@@H]3CC[C@@H](N)[C@H](F)CO3)ccc2F)c(F)c1. The van der Waals surface area contributed by atoms with Gasteiger partial charge in [-0.25, -0.2) is 18.2 Å². The predicted octanol–water partition coefficient (Wildman–Crippen LogP) is 3.40. The minimum absolute atomic E-state index is 0.0914. The van der Waals surface area contributed by atoms with Crippen LogP contribution in [0.5, 0.6) is 5.75 Å². The number of hydrogen-bond donors (Lipinski definition) is 3. The van der Waals surface area contributed by atoms with Gasteiger partial charge in [0.2, 0.25) is 0 Å². The number of pyridine rings is 1. The van der Waals surface area contributed by atoms with Gasteiger partial charge in [0.1, 0.15) is 34.9 Å². The van der Waals surface area contributed by atoms with Gasteiger partial charge in [0.25, 0.3) is 5.91 Å². The molecule has 1 saturated heterocycles. The number of aromatic amines is 1. The summed E-state index contributed by atoms with van der Waals surface area (Å²) in [6, 6.07) is 5.59. The zero-order valence-corrected chi connectivity index (χ0v) is 18.4. The van der Waals surface area contributed by atoms with Gasteiger partial charge in [0.15, 0.2) is 0 Å². The molecule has 3 aromatic rings. The number of ether oxygens (including phenoxy) is 2. The van der Waals surface area contributed by atoms with Crippen molar-refractivity contribution < 1.29 is 27.4 Å². The molecular formula is C23H24F3N5O3. The minimum atomic E-state index is -1.22. The van der Waals surface area contributed by atoms with Gasteiger partial charge in [0.05, 0.1) is 37.4 Å². The summed E-state index contributed by atoms with van der Waals surface area (Å²) in [6.45, 7) is -0.0914. The number of carbonyl (C=O) groups excluding carboxylic acids is 1. The summed E-state index contributed by atoms with van der Waals surface area (Å²) in [5, 5.41) is 9.44. The first-order valence-electron chi connectivity index (χ1n) is 10.7. The van der Waals surface area contributed by atoms with Gasteiger partial charge in [-0.3, -0.25) is 9.89 Å². The number of nitrogens with one attached hydrogen (secondary N) is 2. The molecule has 3 atom stereocenters. The number of alkyl halides is 1. The first-order valence-corrected chi connectivity index (χ1v) is 10.7. The molecule has 0 radical (unpaired) electrons. The molecule has 1 aliphatic rings. The lowest BCUT2D eigenvalue weighted by molar-refractivity contribution is 0.0295. The zero-order valence-electron chi connectivity index (χ0n) is 18.4. The molecule has 1 amide bonds. The molecular weight excluding hydrogens is 451 g/mol. The van der Waals surface area contributed by atoms with Crippen LogP contribution in [0.4, 0.5) is 18.9 Å². The van der Waals surface area contributed by atoms with Crippen LogP contribution >= 0.6 is 0 Å². The van der Waals surface area contributed by atoms with E-state index in [-0.39, 0.29) is 35.4 Å². The van der Waals surface area contributed by atoms with Crippen LogP contribution in [0.15, 0.2) is 36.5 Å². The quantitative estimate of drug-likeness (QED) is 0.504. The minimum Gasteiger partial charge on any atom is -0.497 e. The highest BCUT2D eigenvalue weighted by atomic mass is 19.1. The molecule has 0 bridgehead atoms. The van der Waals surface area contributed by atoms with E-state index in [2.05, 4.69) is 20.5 Å². The fourth-order valence-corrected chi connectivity index (χ4v) is 3.72. The van der Waals surface area contributed by atoms with E-state index in [4.69, 9.17) is 15.2 Å². The molecule has 0 unspecified atom stereocenters. The third-order valence-corrected chi connectivity index (χ3v) is 5.69. The van der Waals surface area contributed by atoms with Crippen LogP contribution in [-0.4, -0.2) is 53.1 Å². The third-order valence-electron chi connectivity index (χ3n) is 5.69. The van der Waals surface area contributed by atoms with Crippen molar-refractivity contribution in [3.63, 3.8) is 0 Å². The van der Waals surface area contributed by atoms with Crippen LogP contribution in [0.3, 0.4) is 0 Å². The van der Waals surface area contributed by atoms with Crippen molar-refractivity contribution in [1.29, 1.82) is 0 Å². The lowest BCUT2D eigenvalue weighted by Crippen LogP contribution is -2.32. The van der Waals surface area contributed by atoms with Gasteiger partial charge in [-0.2, -0.15) is 5.10 Å². The maximum absolute atomic E-state index is 14.5. The molecule has 0 spiro atoms. The smallest absolute Gasteiger partial charge is 0.274 e. The topological polar surface area (TPSA) is 115 Å². The Morgan fingerprint density at radius 3 is 2.85 bits per heavy atom. The molecule has 0 aliphatic carbocycles. The third kappa shape index (κ3) is 5.20. The second kappa shape index (κ2) is 10.2. The summed E-state index contributed by atoms with van der Waals surface area (Å²) in [5.41, 5.74) is 6.20. The van der Waals surface area contributed by atoms with Crippen molar-refractivity contribution in [2.45, 2.75) is 37.6 Å². The number of nitrogens with zero attached hydrogens (tertiary/aromatic N) is 2. The lowest BCUT2D eigenvalue weighted by atomic mass is 10.0.